The zero-order chi connectivity index (χ0) is 27.2. The Morgan fingerprint density at radius 3 is 2.31 bits per heavy atom. The van der Waals surface area contributed by atoms with Crippen LogP contribution in [0.15, 0.2) is 91.0 Å². The number of carbonyl (C=O) groups is 1. The molecule has 7 heteroatoms. The van der Waals surface area contributed by atoms with E-state index in [9.17, 15) is 4.79 Å². The molecule has 0 radical (unpaired) electrons. The number of hydrogen-bond acceptors (Lipinski definition) is 6. The molecule has 0 aliphatic carbocycles. The van der Waals surface area contributed by atoms with Crippen LogP contribution in [0, 0.1) is 0 Å². The molecule has 0 spiro atoms. The molecule has 0 unspecified atom stereocenters. The van der Waals surface area contributed by atoms with Gasteiger partial charge in [-0.25, -0.2) is 4.79 Å². The van der Waals surface area contributed by atoms with Gasteiger partial charge in [0.15, 0.2) is 0 Å². The maximum Gasteiger partial charge on any atom is 0.341 e. The maximum absolute atomic E-state index is 12.4. The standard InChI is InChI=1S/C32H31ClN2O4/c1-37-27-7-5-8-28(21-27)39-31-20-26(14-15-30(31)32(36)38-2)35-18-16-34(17-19-35)22-24-6-3-4-9-29(24)23-10-12-25(33)13-11-23/h3-15,20-21H,16-19,22H2,1-2H3. The van der Waals surface area contributed by atoms with Crippen LogP contribution in [0.25, 0.3) is 11.1 Å². The molecule has 0 N–H and O–H groups in total. The van der Waals surface area contributed by atoms with E-state index in [1.54, 1.807) is 19.2 Å². The Balaban J connectivity index is 1.29. The molecule has 5 rings (SSSR count). The van der Waals surface area contributed by atoms with Gasteiger partial charge in [-0.2, -0.15) is 0 Å². The Hall–Kier alpha value is -4.00. The lowest BCUT2D eigenvalue weighted by Crippen LogP contribution is -2.46. The number of ether oxygens (including phenoxy) is 3. The molecule has 0 bridgehead atoms. The lowest BCUT2D eigenvalue weighted by atomic mass is 9.99. The number of nitrogens with zero attached hydrogens (tertiary/aromatic N) is 2. The molecule has 0 atom stereocenters. The van der Waals surface area contributed by atoms with Gasteiger partial charge in [0.1, 0.15) is 22.8 Å². The second-order valence-electron chi connectivity index (χ2n) is 9.38. The molecule has 39 heavy (non-hydrogen) atoms. The molecule has 1 saturated heterocycles. The Morgan fingerprint density at radius 1 is 0.821 bits per heavy atom. The first-order chi connectivity index (χ1) is 19.0. The van der Waals surface area contributed by atoms with Crippen molar-refractivity contribution in [1.82, 2.24) is 4.90 Å². The summed E-state index contributed by atoms with van der Waals surface area (Å²) < 4.78 is 16.4. The topological polar surface area (TPSA) is 51.2 Å². The van der Waals surface area contributed by atoms with Gasteiger partial charge in [0, 0.05) is 55.6 Å². The molecule has 6 nitrogen and oxygen atoms in total. The summed E-state index contributed by atoms with van der Waals surface area (Å²) in [6.07, 6.45) is 0. The van der Waals surface area contributed by atoms with E-state index in [0.29, 0.717) is 22.8 Å². The van der Waals surface area contributed by atoms with E-state index in [4.69, 9.17) is 25.8 Å². The van der Waals surface area contributed by atoms with Gasteiger partial charge in [-0.3, -0.25) is 4.90 Å². The van der Waals surface area contributed by atoms with E-state index in [2.05, 4.69) is 46.2 Å². The van der Waals surface area contributed by atoms with E-state index in [1.165, 1.54) is 23.8 Å². The van der Waals surface area contributed by atoms with Gasteiger partial charge in [-0.05, 0) is 53.1 Å². The van der Waals surface area contributed by atoms with Gasteiger partial charge in [0.05, 0.1) is 14.2 Å². The number of piperazine rings is 1. The fourth-order valence-corrected chi connectivity index (χ4v) is 4.96. The number of methoxy groups -OCH3 is 2. The third kappa shape index (κ3) is 6.36. The monoisotopic (exact) mass is 542 g/mol. The summed E-state index contributed by atoms with van der Waals surface area (Å²) in [6, 6.07) is 29.5. The molecule has 1 aliphatic rings. The maximum atomic E-state index is 12.4. The van der Waals surface area contributed by atoms with Crippen molar-refractivity contribution >= 4 is 23.3 Å². The zero-order valence-electron chi connectivity index (χ0n) is 22.1. The highest BCUT2D eigenvalue weighted by atomic mass is 35.5. The van der Waals surface area contributed by atoms with Crippen LogP contribution >= 0.6 is 11.6 Å². The molecular formula is C32H31ClN2O4. The average Bonchev–Trinajstić information content (AvgIpc) is 2.98. The van der Waals surface area contributed by atoms with E-state index in [1.807, 2.05) is 42.5 Å². The van der Waals surface area contributed by atoms with Crippen molar-refractivity contribution in [3.8, 4) is 28.4 Å². The second-order valence-corrected chi connectivity index (χ2v) is 9.82. The molecule has 1 heterocycles. The summed E-state index contributed by atoms with van der Waals surface area (Å²) in [5, 5.41) is 0.740. The molecule has 200 valence electrons. The highest BCUT2D eigenvalue weighted by molar-refractivity contribution is 6.30. The minimum Gasteiger partial charge on any atom is -0.497 e. The van der Waals surface area contributed by atoms with E-state index in [-0.39, 0.29) is 0 Å². The molecular weight excluding hydrogens is 512 g/mol. The van der Waals surface area contributed by atoms with Crippen LogP contribution in [-0.2, 0) is 11.3 Å². The first-order valence-corrected chi connectivity index (χ1v) is 13.3. The van der Waals surface area contributed by atoms with Gasteiger partial charge in [0.2, 0.25) is 0 Å². The Morgan fingerprint density at radius 2 is 1.56 bits per heavy atom. The lowest BCUT2D eigenvalue weighted by Gasteiger charge is -2.36. The lowest BCUT2D eigenvalue weighted by molar-refractivity contribution is 0.0598. The first kappa shape index (κ1) is 26.6. The summed E-state index contributed by atoms with van der Waals surface area (Å²) in [7, 11) is 2.98. The highest BCUT2D eigenvalue weighted by Crippen LogP contribution is 2.33. The van der Waals surface area contributed by atoms with E-state index < -0.39 is 5.97 Å². The third-order valence-corrected chi connectivity index (χ3v) is 7.20. The summed E-state index contributed by atoms with van der Waals surface area (Å²) in [5.74, 6) is 1.27. The minimum absolute atomic E-state index is 0.376. The SMILES string of the molecule is COC(=O)c1ccc(N2CCN(Cc3ccccc3-c3ccc(Cl)cc3)CC2)cc1Oc1cccc(OC)c1. The predicted molar refractivity (Wildman–Crippen MR) is 155 cm³/mol. The van der Waals surface area contributed by atoms with Crippen LogP contribution < -0.4 is 14.4 Å². The van der Waals surface area contributed by atoms with Crippen molar-refractivity contribution in [3.63, 3.8) is 0 Å². The number of halogens is 1. The van der Waals surface area contributed by atoms with Crippen LogP contribution in [0.1, 0.15) is 15.9 Å². The molecule has 0 amide bonds. The number of rotatable bonds is 8. The van der Waals surface area contributed by atoms with Crippen LogP contribution in [0.4, 0.5) is 5.69 Å². The molecule has 0 saturated carbocycles. The molecule has 1 aliphatic heterocycles. The number of benzene rings is 4. The van der Waals surface area contributed by atoms with Crippen LogP contribution in [0.2, 0.25) is 5.02 Å². The Kier molecular flexibility index (Phi) is 8.35. The Labute approximate surface area is 234 Å². The zero-order valence-corrected chi connectivity index (χ0v) is 22.9. The van der Waals surface area contributed by atoms with Gasteiger partial charge in [-0.1, -0.05) is 54.1 Å². The molecule has 4 aromatic carbocycles. The van der Waals surface area contributed by atoms with Gasteiger partial charge in [-0.15, -0.1) is 0 Å². The summed E-state index contributed by atoms with van der Waals surface area (Å²) in [4.78, 5) is 17.2. The predicted octanol–water partition coefficient (Wildman–Crippen LogP) is 6.92. The third-order valence-electron chi connectivity index (χ3n) is 6.94. The fourth-order valence-electron chi connectivity index (χ4n) is 4.84. The number of carbonyl (C=O) groups excluding carboxylic acids is 1. The van der Waals surface area contributed by atoms with E-state index >= 15 is 0 Å². The smallest absolute Gasteiger partial charge is 0.341 e. The van der Waals surface area contributed by atoms with Crippen molar-refractivity contribution in [2.45, 2.75) is 6.54 Å². The number of anilines is 1. The van der Waals surface area contributed by atoms with Crippen molar-refractivity contribution in [2.75, 3.05) is 45.3 Å². The van der Waals surface area contributed by atoms with Crippen molar-refractivity contribution in [3.05, 3.63) is 107 Å². The van der Waals surface area contributed by atoms with Crippen LogP contribution in [0.3, 0.4) is 0 Å². The second kappa shape index (κ2) is 12.2. The normalized spacial score (nSPS) is 13.7. The van der Waals surface area contributed by atoms with Crippen molar-refractivity contribution in [2.24, 2.45) is 0 Å². The molecule has 1 fully saturated rings. The summed E-state index contributed by atoms with van der Waals surface area (Å²) in [6.45, 7) is 4.43. The van der Waals surface area contributed by atoms with E-state index in [0.717, 1.165) is 43.4 Å². The van der Waals surface area contributed by atoms with Gasteiger partial charge < -0.3 is 19.1 Å². The van der Waals surface area contributed by atoms with Crippen molar-refractivity contribution < 1.29 is 19.0 Å². The first-order valence-electron chi connectivity index (χ1n) is 12.9. The molecule has 0 aromatic heterocycles. The molecule has 4 aromatic rings. The van der Waals surface area contributed by atoms with Crippen LogP contribution in [0.5, 0.6) is 17.2 Å². The van der Waals surface area contributed by atoms with Gasteiger partial charge in [0.25, 0.3) is 0 Å². The highest BCUT2D eigenvalue weighted by Gasteiger charge is 2.21. The van der Waals surface area contributed by atoms with Crippen molar-refractivity contribution in [1.29, 1.82) is 0 Å². The quantitative estimate of drug-likeness (QED) is 0.225. The summed E-state index contributed by atoms with van der Waals surface area (Å²) >= 11 is 6.10. The van der Waals surface area contributed by atoms with Gasteiger partial charge >= 0.3 is 5.97 Å². The summed E-state index contributed by atoms with van der Waals surface area (Å²) in [5.41, 5.74) is 5.07. The number of hydrogen-bond donors (Lipinski definition) is 0. The fraction of sp³-hybridized carbons (Fsp3) is 0.219. The minimum atomic E-state index is -0.441. The van der Waals surface area contributed by atoms with Crippen LogP contribution in [-0.4, -0.2) is 51.3 Å². The largest absolute Gasteiger partial charge is 0.497 e. The Bertz CT molecular complexity index is 1430. The average molecular weight is 543 g/mol. The number of esters is 1.